The molecule has 1 aliphatic heterocycles. The van der Waals surface area contributed by atoms with Gasteiger partial charge in [-0.25, -0.2) is 0 Å². The van der Waals surface area contributed by atoms with E-state index < -0.39 is 29.4 Å². The van der Waals surface area contributed by atoms with Crippen LogP contribution in [-0.4, -0.2) is 25.4 Å². The van der Waals surface area contributed by atoms with E-state index in [4.69, 9.17) is 0 Å². The van der Waals surface area contributed by atoms with Gasteiger partial charge in [-0.3, -0.25) is 9.59 Å². The van der Waals surface area contributed by atoms with Gasteiger partial charge in [-0.1, -0.05) is 23.9 Å². The molecule has 0 fully saturated rings. The lowest BCUT2D eigenvalue weighted by molar-refractivity contribution is -0.143. The number of amides is 2. The first-order chi connectivity index (χ1) is 17.3. The SMILES string of the molecule is CN1C(=O)c2ccccc2Sc2ccc(C(=O)NCCCc3cc(C(F)(F)F)cc(C(F)(F)F)c3)cc21. The number of fused-ring (bicyclic) bond motifs is 2. The molecule has 0 bridgehead atoms. The van der Waals surface area contributed by atoms with Gasteiger partial charge in [0.25, 0.3) is 11.8 Å². The Hall–Kier alpha value is -3.47. The summed E-state index contributed by atoms with van der Waals surface area (Å²) in [5.41, 5.74) is -1.51. The van der Waals surface area contributed by atoms with Crippen molar-refractivity contribution in [2.75, 3.05) is 18.5 Å². The normalized spacial score (nSPS) is 13.6. The molecule has 0 aromatic heterocycles. The van der Waals surface area contributed by atoms with Crippen LogP contribution in [-0.2, 0) is 18.8 Å². The van der Waals surface area contributed by atoms with Crippen LogP contribution in [0.4, 0.5) is 32.0 Å². The van der Waals surface area contributed by atoms with Crippen molar-refractivity contribution in [3.63, 3.8) is 0 Å². The quantitative estimate of drug-likeness (QED) is 0.286. The third-order valence-corrected chi connectivity index (χ3v) is 6.94. The summed E-state index contributed by atoms with van der Waals surface area (Å²) in [5.74, 6) is -0.700. The maximum absolute atomic E-state index is 13.0. The van der Waals surface area contributed by atoms with E-state index in [0.29, 0.717) is 23.4 Å². The monoisotopic (exact) mass is 538 g/mol. The Morgan fingerprint density at radius 1 is 0.892 bits per heavy atom. The van der Waals surface area contributed by atoms with Crippen LogP contribution >= 0.6 is 11.8 Å². The van der Waals surface area contributed by atoms with Gasteiger partial charge in [0.2, 0.25) is 0 Å². The molecular formula is C26H20F6N2O2S. The van der Waals surface area contributed by atoms with Gasteiger partial charge in [0.05, 0.1) is 22.4 Å². The van der Waals surface area contributed by atoms with E-state index in [1.54, 1.807) is 37.4 Å². The van der Waals surface area contributed by atoms with E-state index in [2.05, 4.69) is 5.32 Å². The van der Waals surface area contributed by atoms with E-state index in [0.717, 1.165) is 9.79 Å². The van der Waals surface area contributed by atoms with Crippen molar-refractivity contribution in [1.29, 1.82) is 0 Å². The van der Waals surface area contributed by atoms with Crippen LogP contribution in [0.25, 0.3) is 0 Å². The second-order valence-corrected chi connectivity index (χ2v) is 9.50. The van der Waals surface area contributed by atoms with Crippen LogP contribution in [0.1, 0.15) is 43.8 Å². The fraction of sp³-hybridized carbons (Fsp3) is 0.231. The average molecular weight is 539 g/mol. The zero-order valence-corrected chi connectivity index (χ0v) is 20.2. The number of anilines is 1. The second-order valence-electron chi connectivity index (χ2n) is 8.42. The maximum Gasteiger partial charge on any atom is 0.416 e. The number of aryl methyl sites for hydroxylation is 1. The Morgan fingerprint density at radius 3 is 2.19 bits per heavy atom. The maximum atomic E-state index is 13.0. The summed E-state index contributed by atoms with van der Waals surface area (Å²) in [6.45, 7) is 0.0302. The number of hydrogen-bond acceptors (Lipinski definition) is 3. The Bertz CT molecular complexity index is 1320. The van der Waals surface area contributed by atoms with E-state index in [9.17, 15) is 35.9 Å². The predicted molar refractivity (Wildman–Crippen MR) is 127 cm³/mol. The minimum Gasteiger partial charge on any atom is -0.352 e. The lowest BCUT2D eigenvalue weighted by Gasteiger charge is -2.18. The average Bonchev–Trinajstić information content (AvgIpc) is 2.94. The first-order valence-electron chi connectivity index (χ1n) is 11.1. The topological polar surface area (TPSA) is 49.4 Å². The molecule has 0 saturated carbocycles. The number of nitrogens with zero attached hydrogens (tertiary/aromatic N) is 1. The van der Waals surface area contributed by atoms with Crippen molar-refractivity contribution in [3.05, 3.63) is 88.5 Å². The van der Waals surface area contributed by atoms with Gasteiger partial charge in [-0.05, 0) is 66.9 Å². The van der Waals surface area contributed by atoms with Crippen LogP contribution in [0.15, 0.2) is 70.5 Å². The fourth-order valence-corrected chi connectivity index (χ4v) is 4.99. The summed E-state index contributed by atoms with van der Waals surface area (Å²) in [4.78, 5) is 28.6. The smallest absolute Gasteiger partial charge is 0.352 e. The number of rotatable bonds is 5. The fourth-order valence-electron chi connectivity index (χ4n) is 3.91. The molecular weight excluding hydrogens is 518 g/mol. The predicted octanol–water partition coefficient (Wildman–Crippen LogP) is 6.83. The van der Waals surface area contributed by atoms with Crippen molar-refractivity contribution in [2.24, 2.45) is 0 Å². The van der Waals surface area contributed by atoms with Crippen LogP contribution in [0.5, 0.6) is 0 Å². The van der Waals surface area contributed by atoms with Crippen molar-refractivity contribution in [1.82, 2.24) is 5.32 Å². The highest BCUT2D eigenvalue weighted by Crippen LogP contribution is 2.41. The molecule has 1 N–H and O–H groups in total. The number of carbonyl (C=O) groups is 2. The summed E-state index contributed by atoms with van der Waals surface area (Å²) < 4.78 is 78.3. The molecule has 0 radical (unpaired) electrons. The summed E-state index contributed by atoms with van der Waals surface area (Å²) in [6, 6.07) is 13.5. The van der Waals surface area contributed by atoms with Crippen LogP contribution < -0.4 is 10.2 Å². The van der Waals surface area contributed by atoms with Crippen LogP contribution in [0, 0.1) is 0 Å². The molecule has 0 unspecified atom stereocenters. The lowest BCUT2D eigenvalue weighted by atomic mass is 10.0. The van der Waals surface area contributed by atoms with Gasteiger partial charge in [-0.15, -0.1) is 0 Å². The molecule has 1 aliphatic rings. The van der Waals surface area contributed by atoms with Gasteiger partial charge in [-0.2, -0.15) is 26.3 Å². The molecule has 0 atom stereocenters. The third kappa shape index (κ3) is 5.93. The van der Waals surface area contributed by atoms with Crippen molar-refractivity contribution in [2.45, 2.75) is 35.0 Å². The van der Waals surface area contributed by atoms with Gasteiger partial charge >= 0.3 is 12.4 Å². The summed E-state index contributed by atoms with van der Waals surface area (Å²) in [6.07, 6.45) is -9.80. The first-order valence-corrected chi connectivity index (χ1v) is 11.9. The molecule has 194 valence electrons. The van der Waals surface area contributed by atoms with Gasteiger partial charge in [0.15, 0.2) is 0 Å². The Labute approximate surface area is 212 Å². The van der Waals surface area contributed by atoms with Gasteiger partial charge in [0.1, 0.15) is 0 Å². The number of hydrogen-bond donors (Lipinski definition) is 1. The number of alkyl halides is 6. The van der Waals surface area contributed by atoms with Crippen molar-refractivity contribution in [3.8, 4) is 0 Å². The number of benzene rings is 3. The zero-order chi connectivity index (χ0) is 27.0. The highest BCUT2D eigenvalue weighted by molar-refractivity contribution is 7.99. The van der Waals surface area contributed by atoms with E-state index >= 15 is 0 Å². The number of nitrogens with one attached hydrogen (secondary N) is 1. The summed E-state index contributed by atoms with van der Waals surface area (Å²) >= 11 is 1.40. The molecule has 11 heteroatoms. The highest BCUT2D eigenvalue weighted by Gasteiger charge is 2.36. The molecule has 4 nitrogen and oxygen atoms in total. The van der Waals surface area contributed by atoms with Crippen molar-refractivity contribution < 1.29 is 35.9 Å². The van der Waals surface area contributed by atoms with E-state index in [1.807, 2.05) is 12.1 Å². The Kier molecular flexibility index (Phi) is 7.27. The highest BCUT2D eigenvalue weighted by atomic mass is 32.2. The molecule has 1 heterocycles. The lowest BCUT2D eigenvalue weighted by Crippen LogP contribution is -2.27. The zero-order valence-electron chi connectivity index (χ0n) is 19.3. The van der Waals surface area contributed by atoms with Crippen LogP contribution in [0.3, 0.4) is 0 Å². The molecule has 0 aliphatic carbocycles. The Morgan fingerprint density at radius 2 is 1.54 bits per heavy atom. The van der Waals surface area contributed by atoms with Gasteiger partial charge < -0.3 is 10.2 Å². The second kappa shape index (κ2) is 10.1. The molecule has 37 heavy (non-hydrogen) atoms. The van der Waals surface area contributed by atoms with Gasteiger partial charge in [0, 0.05) is 28.9 Å². The van der Waals surface area contributed by atoms with E-state index in [1.165, 1.54) is 16.7 Å². The molecule has 0 spiro atoms. The standard InChI is InChI=1S/C26H20F6N2O2S/c1-34-20-13-16(8-9-22(20)37-21-7-3-2-6-19(21)24(34)36)23(35)33-10-4-5-15-11-17(25(27,28)29)14-18(12-15)26(30,31)32/h2-3,6-9,11-14H,4-5,10H2,1H3,(H,33,35). The molecule has 2 amide bonds. The minimum absolute atomic E-state index is 0.0302. The van der Waals surface area contributed by atoms with E-state index in [-0.39, 0.29) is 42.5 Å². The molecule has 3 aromatic rings. The van der Waals surface area contributed by atoms with Crippen LogP contribution in [0.2, 0.25) is 0 Å². The third-order valence-electron chi connectivity index (χ3n) is 5.80. The molecule has 0 saturated heterocycles. The molecule has 4 rings (SSSR count). The summed E-state index contributed by atoms with van der Waals surface area (Å²) in [7, 11) is 1.61. The Balaban J connectivity index is 1.43. The minimum atomic E-state index is -4.91. The number of halogens is 6. The number of carbonyl (C=O) groups excluding carboxylic acids is 2. The van der Waals surface area contributed by atoms with Crippen molar-refractivity contribution >= 4 is 29.3 Å². The largest absolute Gasteiger partial charge is 0.416 e. The first kappa shape index (κ1) is 26.6. The molecule has 3 aromatic carbocycles. The summed E-state index contributed by atoms with van der Waals surface area (Å²) in [5, 5.41) is 2.63.